The number of piperidine rings is 1. The summed E-state index contributed by atoms with van der Waals surface area (Å²) in [5.41, 5.74) is 0.208. The van der Waals surface area contributed by atoms with E-state index < -0.39 is 5.60 Å². The molecule has 3 rings (SSSR count). The third-order valence-corrected chi connectivity index (χ3v) is 5.78. The molecule has 1 saturated heterocycles. The summed E-state index contributed by atoms with van der Waals surface area (Å²) in [5, 5.41) is 10.5. The van der Waals surface area contributed by atoms with E-state index >= 15 is 0 Å². The van der Waals surface area contributed by atoms with Gasteiger partial charge in [0.05, 0.1) is 0 Å². The van der Waals surface area contributed by atoms with Crippen LogP contribution < -0.4 is 0 Å². The summed E-state index contributed by atoms with van der Waals surface area (Å²) in [7, 11) is 1.82. The molecule has 0 atom stereocenters. The van der Waals surface area contributed by atoms with Gasteiger partial charge in [0.2, 0.25) is 0 Å². The maximum absolute atomic E-state index is 12.7. The largest absolute Gasteiger partial charge is 0.443 e. The van der Waals surface area contributed by atoms with Gasteiger partial charge in [0.1, 0.15) is 5.60 Å². The van der Waals surface area contributed by atoms with Crippen LogP contribution in [0.2, 0.25) is 5.02 Å². The number of carbonyl (C=O) groups excluding carboxylic acids is 1. The van der Waals surface area contributed by atoms with Gasteiger partial charge in [-0.2, -0.15) is 0 Å². The monoisotopic (exact) mass is 442 g/mol. The molecule has 2 heterocycles. The Morgan fingerprint density at radius 2 is 1.90 bits per heavy atom. The molecule has 1 aliphatic heterocycles. The number of nitrogens with zero attached hydrogens (tertiary/aromatic N) is 2. The Balaban J connectivity index is 1.43. The normalized spacial score (nSPS) is 15.4. The first kappa shape index (κ1) is 23.4. The Morgan fingerprint density at radius 1 is 1.23 bits per heavy atom. The number of rotatable bonds is 6. The lowest BCUT2D eigenvalue weighted by Gasteiger charge is -2.33. The van der Waals surface area contributed by atoms with Crippen molar-refractivity contribution in [1.82, 2.24) is 9.80 Å². The van der Waals surface area contributed by atoms with E-state index in [4.69, 9.17) is 16.0 Å². The highest BCUT2D eigenvalue weighted by Gasteiger charge is 2.23. The molecular formula is C25H31ClN2O3. The molecule has 2 aromatic rings. The van der Waals surface area contributed by atoms with E-state index in [2.05, 4.69) is 28.9 Å². The van der Waals surface area contributed by atoms with Gasteiger partial charge in [-0.05, 0) is 87.9 Å². The van der Waals surface area contributed by atoms with Crippen LogP contribution in [0.25, 0.3) is 0 Å². The van der Waals surface area contributed by atoms with E-state index in [0.29, 0.717) is 11.7 Å². The number of aliphatic hydroxyl groups is 1. The van der Waals surface area contributed by atoms with Gasteiger partial charge in [-0.1, -0.05) is 29.7 Å². The van der Waals surface area contributed by atoms with Crippen LogP contribution in [-0.4, -0.2) is 59.6 Å². The highest BCUT2D eigenvalue weighted by atomic mass is 35.5. The molecule has 0 radical (unpaired) electrons. The highest BCUT2D eigenvalue weighted by Crippen LogP contribution is 2.20. The minimum Gasteiger partial charge on any atom is -0.443 e. The zero-order valence-corrected chi connectivity index (χ0v) is 19.3. The van der Waals surface area contributed by atoms with Gasteiger partial charge in [-0.25, -0.2) is 0 Å². The predicted molar refractivity (Wildman–Crippen MR) is 123 cm³/mol. The lowest BCUT2D eigenvalue weighted by molar-refractivity contribution is 0.0709. The topological polar surface area (TPSA) is 56.9 Å². The van der Waals surface area contributed by atoms with Gasteiger partial charge in [-0.3, -0.25) is 4.79 Å². The number of halogens is 1. The smallest absolute Gasteiger partial charge is 0.289 e. The van der Waals surface area contributed by atoms with Crippen LogP contribution in [0, 0.1) is 17.8 Å². The van der Waals surface area contributed by atoms with Gasteiger partial charge in [0, 0.05) is 25.2 Å². The van der Waals surface area contributed by atoms with Crippen molar-refractivity contribution in [3.63, 3.8) is 0 Å². The van der Waals surface area contributed by atoms with Gasteiger partial charge in [-0.15, -0.1) is 0 Å². The molecule has 6 heteroatoms. The van der Waals surface area contributed by atoms with Crippen molar-refractivity contribution < 1.29 is 14.3 Å². The maximum atomic E-state index is 12.7. The fourth-order valence-electron chi connectivity index (χ4n) is 3.72. The quantitative estimate of drug-likeness (QED) is 0.685. The van der Waals surface area contributed by atoms with Crippen LogP contribution in [0.3, 0.4) is 0 Å². The SMILES string of the molecule is CN(CC1CCN(CCc2ccc(Cl)cc2)CC1)C(=O)c1ccc(C#CC(C)(C)O)o1. The summed E-state index contributed by atoms with van der Waals surface area (Å²) in [6.45, 7) is 7.08. The minimum absolute atomic E-state index is 0.138. The average Bonchev–Trinajstić information content (AvgIpc) is 3.21. The van der Waals surface area contributed by atoms with E-state index in [1.807, 2.05) is 19.2 Å². The summed E-state index contributed by atoms with van der Waals surface area (Å²) in [4.78, 5) is 16.9. The summed E-state index contributed by atoms with van der Waals surface area (Å²) in [6, 6.07) is 11.4. The average molecular weight is 443 g/mol. The molecule has 1 N–H and O–H groups in total. The van der Waals surface area contributed by atoms with Crippen molar-refractivity contribution in [2.75, 3.05) is 33.2 Å². The van der Waals surface area contributed by atoms with E-state index in [0.717, 1.165) is 50.5 Å². The van der Waals surface area contributed by atoms with Crippen molar-refractivity contribution in [2.45, 2.75) is 38.7 Å². The molecule has 1 aromatic carbocycles. The summed E-state index contributed by atoms with van der Waals surface area (Å²) < 4.78 is 5.56. The Hall–Kier alpha value is -2.26. The van der Waals surface area contributed by atoms with Gasteiger partial charge in [0.25, 0.3) is 5.91 Å². The molecule has 0 bridgehead atoms. The first-order chi connectivity index (χ1) is 14.7. The van der Waals surface area contributed by atoms with Gasteiger partial charge < -0.3 is 19.3 Å². The Morgan fingerprint density at radius 3 is 2.55 bits per heavy atom. The van der Waals surface area contributed by atoms with Crippen LogP contribution in [0.5, 0.6) is 0 Å². The molecule has 0 unspecified atom stereocenters. The molecule has 5 nitrogen and oxygen atoms in total. The Kier molecular flexibility index (Phi) is 7.83. The molecule has 0 spiro atoms. The summed E-state index contributed by atoms with van der Waals surface area (Å²) in [6.07, 6.45) is 3.19. The fraction of sp³-hybridized carbons (Fsp3) is 0.480. The molecular weight excluding hydrogens is 412 g/mol. The second kappa shape index (κ2) is 10.4. The number of amides is 1. The fourth-order valence-corrected chi connectivity index (χ4v) is 3.85. The van der Waals surface area contributed by atoms with Crippen molar-refractivity contribution in [1.29, 1.82) is 0 Å². The molecule has 166 valence electrons. The Bertz CT molecular complexity index is 926. The van der Waals surface area contributed by atoms with E-state index in [1.54, 1.807) is 30.9 Å². The third kappa shape index (κ3) is 7.43. The van der Waals surface area contributed by atoms with Crippen LogP contribution >= 0.6 is 11.6 Å². The molecule has 1 amide bonds. The lowest BCUT2D eigenvalue weighted by Crippen LogP contribution is -2.40. The maximum Gasteiger partial charge on any atom is 0.289 e. The van der Waals surface area contributed by atoms with E-state index in [1.165, 1.54) is 5.56 Å². The number of hydrogen-bond donors (Lipinski definition) is 1. The molecule has 0 aliphatic carbocycles. The number of likely N-dealkylation sites (tertiary alicyclic amines) is 1. The summed E-state index contributed by atoms with van der Waals surface area (Å²) >= 11 is 5.95. The molecule has 0 saturated carbocycles. The van der Waals surface area contributed by atoms with E-state index in [9.17, 15) is 9.90 Å². The van der Waals surface area contributed by atoms with Crippen LogP contribution in [-0.2, 0) is 6.42 Å². The lowest BCUT2D eigenvalue weighted by atomic mass is 9.96. The zero-order chi connectivity index (χ0) is 22.4. The zero-order valence-electron chi connectivity index (χ0n) is 18.5. The van der Waals surface area contributed by atoms with Crippen LogP contribution in [0.15, 0.2) is 40.8 Å². The molecule has 1 aromatic heterocycles. The number of carbonyl (C=O) groups is 1. The number of hydrogen-bond acceptors (Lipinski definition) is 4. The first-order valence-electron chi connectivity index (χ1n) is 10.8. The molecule has 1 fully saturated rings. The molecule has 1 aliphatic rings. The van der Waals surface area contributed by atoms with Crippen molar-refractivity contribution in [2.24, 2.45) is 5.92 Å². The van der Waals surface area contributed by atoms with Crippen LogP contribution in [0.1, 0.15) is 48.6 Å². The van der Waals surface area contributed by atoms with E-state index in [-0.39, 0.29) is 11.7 Å². The highest BCUT2D eigenvalue weighted by molar-refractivity contribution is 6.30. The summed E-state index contributed by atoms with van der Waals surface area (Å²) in [5.74, 6) is 6.47. The number of furan rings is 1. The molecule has 31 heavy (non-hydrogen) atoms. The number of benzene rings is 1. The first-order valence-corrected chi connectivity index (χ1v) is 11.1. The van der Waals surface area contributed by atoms with Gasteiger partial charge in [0.15, 0.2) is 11.5 Å². The van der Waals surface area contributed by atoms with Crippen molar-refractivity contribution in [3.05, 3.63) is 58.5 Å². The standard InChI is InChI=1S/C25H31ClN2O3/c1-25(2,30)14-10-22-8-9-23(31-22)24(29)27(3)18-20-12-16-28(17-13-20)15-11-19-4-6-21(26)7-5-19/h4-9,20,30H,11-13,15-18H2,1-3H3. The second-order valence-corrected chi connectivity index (χ2v) is 9.26. The van der Waals surface area contributed by atoms with Crippen LogP contribution in [0.4, 0.5) is 0 Å². The predicted octanol–water partition coefficient (Wildman–Crippen LogP) is 4.08. The van der Waals surface area contributed by atoms with Gasteiger partial charge >= 0.3 is 0 Å². The second-order valence-electron chi connectivity index (χ2n) is 8.82. The van der Waals surface area contributed by atoms with Crippen molar-refractivity contribution in [3.8, 4) is 11.8 Å². The third-order valence-electron chi connectivity index (χ3n) is 5.52. The Labute approximate surface area is 190 Å². The van der Waals surface area contributed by atoms with Crippen molar-refractivity contribution >= 4 is 17.5 Å². The minimum atomic E-state index is -1.10.